The van der Waals surface area contributed by atoms with Gasteiger partial charge in [-0.1, -0.05) is 116 Å². The summed E-state index contributed by atoms with van der Waals surface area (Å²) in [5.41, 5.74) is 18.0. The Morgan fingerprint density at radius 3 is 1.76 bits per heavy atom. The smallest absolute Gasteiger partial charge is 0.407 e. The molecule has 21 N–H and O–H groups in total. The quantitative estimate of drug-likeness (QED) is 0.0296. The number of urea groups is 1. The van der Waals surface area contributed by atoms with Crippen molar-refractivity contribution in [1.82, 2.24) is 93.0 Å². The van der Waals surface area contributed by atoms with Gasteiger partial charge in [0.05, 0.1) is 50.4 Å². The number of carbonyl (C=O) groups excluding carboxylic acids is 20. The minimum absolute atomic E-state index is 0.0202. The van der Waals surface area contributed by atoms with Gasteiger partial charge in [-0.05, 0) is 138 Å². The van der Waals surface area contributed by atoms with Crippen molar-refractivity contribution in [3.8, 4) is 5.75 Å². The van der Waals surface area contributed by atoms with Crippen molar-refractivity contribution in [2.45, 2.75) is 275 Å². The highest BCUT2D eigenvalue weighted by Crippen LogP contribution is 2.36. The number of aliphatic hydroxyl groups is 1. The van der Waals surface area contributed by atoms with Crippen LogP contribution in [0, 0.1) is 23.7 Å². The van der Waals surface area contributed by atoms with E-state index in [1.807, 2.05) is 13.8 Å². The van der Waals surface area contributed by atoms with Gasteiger partial charge < -0.3 is 130 Å². The third-order valence-corrected chi connectivity index (χ3v) is 26.6. The predicted octanol–water partition coefficient (Wildman–Crippen LogP) is 0.120. The molecule has 8 rings (SSSR count). The number of nitrogens with zero attached hydrogens (tertiary/aromatic N) is 5. The number of aromatic hydroxyl groups is 1. The van der Waals surface area contributed by atoms with Gasteiger partial charge in [0.1, 0.15) is 90.4 Å². The number of methoxy groups -OCH3 is 1. The minimum Gasteiger partial charge on any atom is -0.508 e. The second-order valence-corrected chi connectivity index (χ2v) is 40.0. The first-order valence-electron chi connectivity index (χ1n) is 49.0. The fourth-order valence-electron chi connectivity index (χ4n) is 17.9. The number of phenols is 1. The van der Waals surface area contributed by atoms with Crippen LogP contribution in [0.1, 0.15) is 176 Å². The number of primary amides is 3. The van der Waals surface area contributed by atoms with E-state index in [-0.39, 0.29) is 89.0 Å². The highest BCUT2D eigenvalue weighted by molar-refractivity contribution is 8.00. The number of benzene rings is 3. The maximum absolute atomic E-state index is 16.2. The van der Waals surface area contributed by atoms with Gasteiger partial charge in [0.25, 0.3) is 0 Å². The molecule has 4 heterocycles. The number of para-hydroxylation sites is 2. The Morgan fingerprint density at radius 1 is 0.559 bits per heavy atom. The lowest BCUT2D eigenvalue weighted by Crippen LogP contribution is -2.61. The Kier molecular flexibility index (Phi) is 43.8. The van der Waals surface area contributed by atoms with E-state index in [4.69, 9.17) is 26.7 Å². The molecule has 145 heavy (non-hydrogen) atoms. The molecule has 0 bridgehead atoms. The van der Waals surface area contributed by atoms with Gasteiger partial charge in [-0.15, -0.1) is 11.8 Å². The van der Waals surface area contributed by atoms with E-state index in [9.17, 15) is 58.2 Å². The molecular weight excluding hydrogens is 1900 g/mol. The predicted molar refractivity (Wildman–Crippen MR) is 534 cm³/mol. The van der Waals surface area contributed by atoms with E-state index in [1.54, 1.807) is 114 Å². The molecule has 2 aliphatic heterocycles. The number of ether oxygens (including phenoxy) is 2. The highest BCUT2D eigenvalue weighted by Gasteiger charge is 2.48. The minimum atomic E-state index is -1.84. The van der Waals surface area contributed by atoms with Gasteiger partial charge in [-0.2, -0.15) is 0 Å². The van der Waals surface area contributed by atoms with Crippen molar-refractivity contribution >= 4 is 152 Å². The number of phenolic OH excluding ortho intramolecular Hbond substituents is 1. The normalized spacial score (nSPS) is 24.4. The average Bonchev–Trinajstić information content (AvgIpc) is 1.51. The third-order valence-electron chi connectivity index (χ3n) is 25.6. The van der Waals surface area contributed by atoms with E-state index in [0.717, 1.165) is 31.4 Å². The number of aromatic nitrogens is 2. The zero-order chi connectivity index (χ0) is 107. The van der Waals surface area contributed by atoms with Gasteiger partial charge in [0.15, 0.2) is 5.78 Å². The number of hydrogen-bond donors (Lipinski definition) is 18. The van der Waals surface area contributed by atoms with E-state index in [0.29, 0.717) is 64.2 Å². The average molecular weight is 2040 g/mol. The number of hydrogen-bond acceptors (Lipinski definition) is 25. The molecule has 3 aliphatic rings. The van der Waals surface area contributed by atoms with E-state index >= 15 is 47.9 Å². The van der Waals surface area contributed by atoms with E-state index in [1.165, 1.54) is 59.4 Å². The maximum atomic E-state index is 16.2. The second kappa shape index (κ2) is 54.7. The second-order valence-electron chi connectivity index (χ2n) is 39.0. The molecule has 3 aromatic carbocycles. The monoisotopic (exact) mass is 2040 g/mol. The Balaban J connectivity index is 1.26. The molecule has 19 amide bonds. The maximum Gasteiger partial charge on any atom is 0.407 e. The van der Waals surface area contributed by atoms with Crippen molar-refractivity contribution in [2.24, 2.45) is 40.9 Å². The molecule has 2 aromatic heterocycles. The first-order chi connectivity index (χ1) is 68.5. The lowest BCUT2D eigenvalue weighted by molar-refractivity contribution is -0.149. The summed E-state index contributed by atoms with van der Waals surface area (Å²) in [6, 6.07) is -2.59. The van der Waals surface area contributed by atoms with Crippen LogP contribution in [0.4, 0.5) is 9.59 Å². The summed E-state index contributed by atoms with van der Waals surface area (Å²) in [4.78, 5) is 300. The molecule has 794 valence electrons. The molecule has 2 saturated heterocycles. The van der Waals surface area contributed by atoms with Crippen LogP contribution in [0.15, 0.2) is 85.2 Å². The largest absolute Gasteiger partial charge is 0.508 e. The molecule has 45 nitrogen and oxygen atoms in total. The Morgan fingerprint density at radius 2 is 1.12 bits per heavy atom. The fraction of sp³-hybridized carbons (Fsp3) is 0.576. The molecular formula is C99H143N21O24S. The highest BCUT2D eigenvalue weighted by atomic mass is 32.2. The van der Waals surface area contributed by atoms with Gasteiger partial charge >= 0.3 is 18.1 Å². The van der Waals surface area contributed by atoms with Crippen LogP contribution in [0.2, 0.25) is 0 Å². The number of nitrogens with one attached hydrogen (secondary N) is 13. The lowest BCUT2D eigenvalue weighted by Gasteiger charge is -2.36. The lowest BCUT2D eigenvalue weighted by atomic mass is 9.84. The molecule has 46 heteroatoms. The number of ketones is 1. The van der Waals surface area contributed by atoms with Crippen molar-refractivity contribution in [3.05, 3.63) is 102 Å². The van der Waals surface area contributed by atoms with E-state index < -0.39 is 277 Å². The Labute approximate surface area is 845 Å². The molecule has 0 spiro atoms. The molecule has 1 aliphatic carbocycles. The number of aromatic amines is 1. The van der Waals surface area contributed by atoms with Gasteiger partial charge in [-0.25, -0.2) is 9.59 Å². The number of carbonyl (C=O) groups is 20. The van der Waals surface area contributed by atoms with Crippen LogP contribution < -0.4 is 81.0 Å². The Bertz CT molecular complexity index is 5470. The SMILES string of the molecule is CCCC[C@H]1C(=O)N(C)[C@@H](CCCC)C(=O)N[C@@H](CC(C)C)C(=O)N[C@H](C(=O)NCC(N)=O)CSCC(=O)N[C@@H](Cc2ccc(O)cc2)C(=O)N(C)[C@@H](C)C(=O)N[C@@H](CC(N)=O)C(=O)N2CCC[C@H]2C(=O)N[C@@H](CNC(=O)OC(C)(C)C)C(=O)N[C@@H](CC(C)C)C(=O)C2C[C@H](O)C[C@H]2C(=O)N[C@@H](Cc2c[nH]c3ccccc23)C(=O)N[C@@H](CCNC(N)=O)C(=O)N[C@@H](Cc2cn(CC(=O)OC)c3ccccc23)C(=O)N1C. The molecule has 1 saturated carbocycles. The number of rotatable bonds is 28. The number of esters is 1. The zero-order valence-electron chi connectivity index (χ0n) is 84.7. The summed E-state index contributed by atoms with van der Waals surface area (Å²) in [5, 5.41) is 54.5. The zero-order valence-corrected chi connectivity index (χ0v) is 85.5. The summed E-state index contributed by atoms with van der Waals surface area (Å²) < 4.78 is 12.1. The third kappa shape index (κ3) is 34.1. The van der Waals surface area contributed by atoms with E-state index in [2.05, 4.69) is 68.8 Å². The number of fused-ring (bicyclic) bond motifs is 4. The number of unbranched alkanes of at least 4 members (excludes halogenated alkanes) is 2. The van der Waals surface area contributed by atoms with Gasteiger partial charge in [0, 0.05) is 99.4 Å². The summed E-state index contributed by atoms with van der Waals surface area (Å²) in [6.07, 6.45) is -1.12. The fourth-order valence-corrected chi connectivity index (χ4v) is 18.8. The molecule has 1 unspecified atom stereocenters. The first kappa shape index (κ1) is 116. The van der Waals surface area contributed by atoms with Crippen LogP contribution in [0.3, 0.4) is 0 Å². The van der Waals surface area contributed by atoms with Crippen LogP contribution in [-0.4, -0.2) is 314 Å². The van der Waals surface area contributed by atoms with Crippen LogP contribution in [0.5, 0.6) is 5.75 Å². The van der Waals surface area contributed by atoms with Crippen molar-refractivity contribution in [2.75, 3.05) is 65.9 Å². The number of H-pyrrole nitrogens is 1. The first-order valence-corrected chi connectivity index (χ1v) is 50.1. The van der Waals surface area contributed by atoms with Crippen LogP contribution in [0.25, 0.3) is 21.8 Å². The number of nitrogens with two attached hydrogens (primary N) is 3. The number of alkyl carbamates (subject to hydrolysis) is 1. The topological polar surface area (TPSA) is 656 Å². The number of likely N-dealkylation sites (N-methyl/N-ethyl adjacent to an activating group) is 3. The van der Waals surface area contributed by atoms with Crippen LogP contribution >= 0.6 is 11.8 Å². The molecule has 3 fully saturated rings. The van der Waals surface area contributed by atoms with Crippen molar-refractivity contribution < 1.29 is 116 Å². The molecule has 16 atom stereocenters. The summed E-state index contributed by atoms with van der Waals surface area (Å²) in [6.45, 7) is 14.1. The standard InChI is InChI=1S/C99H143N21O24S/c1-15-17-27-76-91(135)111-68(39-54(5)6)88(132)115-74(86(130)105-48-80(101)124)51-145-52-81(125)107-70(40-56-31-33-59(121)34-32-56)93(137)116(11)55(7)84(128)112-72(45-79(100)123)95(139)120-37-23-30-77(120)92(136)114-73(47-106-98(142)144-99(8,9)10)90(134)109-67(38-53(3)4)83(127)63-43-60(122)44-64(63)85(129)110-69(41-57-46-104-65-26-21-19-24-61(57)65)89(133)108-66(35-36-103-97(102)141)87(131)113-71(94(138)118(13)78(28-18-16-2)96(140)117(76)12)42-58-49-119(50-82(126)143-14)75-29-22-20-25-62(58)75/h19-22,24-26,29,31-34,46,49,53-55,60,63-64,66-74,76-78,104,121-122H,15-18,23,27-28,30,35-45,47-48,50-52H2,1-14H3,(H2,100,123)(H2,101,124)(H,105,130)(H,106,142)(H,107,125)(H,108,133)(H,109,134)(H,110,129)(H,111,135)(H,112,128)(H,113,131)(H,114,136)(H,115,132)(H3,102,103,141)/t55-,60-,63?,64+,66-,67-,68-,69-,70-,71-,72-,73-,74-,76-,77-,78-/m0/s1. The van der Waals surface area contributed by atoms with Crippen molar-refractivity contribution in [3.63, 3.8) is 0 Å². The number of Topliss-reactive ketones (excluding diaryl/α,β-unsaturated/α-hetero) is 1. The Hall–Kier alpha value is -14.0. The number of thioether (sulfide) groups is 1. The summed E-state index contributed by atoms with van der Waals surface area (Å²) >= 11 is 0.770. The molecule has 0 radical (unpaired) electrons. The number of amides is 19. The summed E-state index contributed by atoms with van der Waals surface area (Å²) in [7, 11) is 5.07. The molecule has 5 aromatic rings. The van der Waals surface area contributed by atoms with Gasteiger partial charge in [-0.3, -0.25) is 86.3 Å². The summed E-state index contributed by atoms with van der Waals surface area (Å²) in [5.74, 6) is -21.9. The van der Waals surface area contributed by atoms with Crippen LogP contribution in [-0.2, 0) is 122 Å². The number of aliphatic hydroxyl groups excluding tert-OH is 1. The van der Waals surface area contributed by atoms with Gasteiger partial charge in [0.2, 0.25) is 94.5 Å². The van der Waals surface area contributed by atoms with Crippen molar-refractivity contribution in [1.29, 1.82) is 0 Å².